The number of carbonyl (C=O) groups excluding carboxylic acids is 3. The van der Waals surface area contributed by atoms with Gasteiger partial charge in [-0.05, 0) is 25.5 Å². The first kappa shape index (κ1) is 25.1. The first-order valence-corrected chi connectivity index (χ1v) is 10.7. The Morgan fingerprint density at radius 2 is 1.71 bits per heavy atom. The summed E-state index contributed by atoms with van der Waals surface area (Å²) in [4.78, 5) is 49.3. The number of methoxy groups -OCH3 is 2. The van der Waals surface area contributed by atoms with Gasteiger partial charge in [0.1, 0.15) is 11.4 Å². The van der Waals surface area contributed by atoms with E-state index < -0.39 is 10.9 Å². The molecular formula is C23H24N4O8. The Morgan fingerprint density at radius 3 is 2.26 bits per heavy atom. The topological polar surface area (TPSA) is 150 Å². The van der Waals surface area contributed by atoms with E-state index in [2.05, 4.69) is 10.5 Å². The number of benzene rings is 2. The lowest BCUT2D eigenvalue weighted by atomic mass is 10.1. The number of esters is 1. The summed E-state index contributed by atoms with van der Waals surface area (Å²) in [6.07, 6.45) is 0.344. The predicted molar refractivity (Wildman–Crippen MR) is 125 cm³/mol. The number of nitrogens with zero attached hydrogens (tertiary/aromatic N) is 3. The van der Waals surface area contributed by atoms with Crippen molar-refractivity contribution in [2.24, 2.45) is 5.10 Å². The maximum atomic E-state index is 12.5. The minimum atomic E-state index is -0.685. The molecule has 2 aromatic rings. The largest absolute Gasteiger partial charge is 0.494 e. The van der Waals surface area contributed by atoms with Crippen LogP contribution in [0.25, 0.3) is 0 Å². The molecule has 12 heteroatoms. The first-order valence-electron chi connectivity index (χ1n) is 10.7. The maximum Gasteiger partial charge on any atom is 0.354 e. The van der Waals surface area contributed by atoms with Gasteiger partial charge < -0.3 is 14.2 Å². The van der Waals surface area contributed by atoms with Crippen molar-refractivity contribution in [1.29, 1.82) is 0 Å². The Hall–Kier alpha value is -4.48. The number of hydrogen-bond donors (Lipinski definition) is 1. The summed E-state index contributed by atoms with van der Waals surface area (Å²) in [6.45, 7) is 1.84. The van der Waals surface area contributed by atoms with Gasteiger partial charge in [-0.1, -0.05) is 12.1 Å². The second kappa shape index (κ2) is 11.1. The van der Waals surface area contributed by atoms with Gasteiger partial charge in [0, 0.05) is 19.0 Å². The van der Waals surface area contributed by atoms with Crippen LogP contribution in [0, 0.1) is 10.1 Å². The van der Waals surface area contributed by atoms with Gasteiger partial charge in [0.2, 0.25) is 0 Å². The molecule has 2 aromatic carbocycles. The van der Waals surface area contributed by atoms with E-state index in [1.165, 1.54) is 26.4 Å². The zero-order chi connectivity index (χ0) is 25.5. The van der Waals surface area contributed by atoms with E-state index in [1.54, 1.807) is 31.2 Å². The number of nitro groups is 1. The fourth-order valence-corrected chi connectivity index (χ4v) is 3.50. The van der Waals surface area contributed by atoms with Crippen LogP contribution < -0.4 is 14.9 Å². The van der Waals surface area contributed by atoms with Gasteiger partial charge in [-0.2, -0.15) is 5.10 Å². The number of rotatable bonds is 11. The van der Waals surface area contributed by atoms with Crippen molar-refractivity contribution in [1.82, 2.24) is 4.90 Å². The number of hydrazone groups is 1. The highest BCUT2D eigenvalue weighted by Crippen LogP contribution is 2.37. The monoisotopic (exact) mass is 484 g/mol. The molecule has 1 aliphatic heterocycles. The molecule has 0 aliphatic carbocycles. The zero-order valence-corrected chi connectivity index (χ0v) is 19.4. The predicted octanol–water partition coefficient (Wildman–Crippen LogP) is 3.02. The summed E-state index contributed by atoms with van der Waals surface area (Å²) >= 11 is 0. The third-order valence-corrected chi connectivity index (χ3v) is 5.19. The minimum absolute atomic E-state index is 0.00262. The molecule has 1 heterocycles. The highest BCUT2D eigenvalue weighted by Gasteiger charge is 2.34. The van der Waals surface area contributed by atoms with E-state index in [0.717, 1.165) is 4.90 Å². The summed E-state index contributed by atoms with van der Waals surface area (Å²) in [5.74, 6) is -1.38. The van der Waals surface area contributed by atoms with E-state index in [0.29, 0.717) is 11.1 Å². The van der Waals surface area contributed by atoms with Crippen molar-refractivity contribution in [3.8, 4) is 11.5 Å². The number of anilines is 1. The molecule has 0 fully saturated rings. The molecule has 1 N–H and O–H groups in total. The Bertz CT molecular complexity index is 1160. The Kier molecular flexibility index (Phi) is 7.97. The molecule has 3 rings (SSSR count). The number of carbonyl (C=O) groups is 3. The van der Waals surface area contributed by atoms with Crippen LogP contribution in [0.4, 0.5) is 11.4 Å². The summed E-state index contributed by atoms with van der Waals surface area (Å²) < 4.78 is 15.3. The number of amides is 2. The van der Waals surface area contributed by atoms with Gasteiger partial charge in [-0.25, -0.2) is 4.79 Å². The molecular weight excluding hydrogens is 460 g/mol. The molecule has 1 aliphatic rings. The highest BCUT2D eigenvalue weighted by atomic mass is 16.6. The van der Waals surface area contributed by atoms with Crippen molar-refractivity contribution >= 4 is 34.9 Å². The van der Waals surface area contributed by atoms with Crippen LogP contribution in [0.1, 0.15) is 40.5 Å². The standard InChI is InChI=1S/C23H24N4O8/c1-4-35-23(30)16(10-7-11-26-21(28)14-8-5-6-9-15(14)22(26)29)24-25-17-12-20(34-3)18(27(31)32)13-19(17)33-2/h5-6,8-9,12-13,25H,4,7,10-11H2,1-3H3/b24-16-. The lowest BCUT2D eigenvalue weighted by molar-refractivity contribution is -0.385. The fourth-order valence-electron chi connectivity index (χ4n) is 3.50. The molecule has 0 saturated carbocycles. The molecule has 0 spiro atoms. The summed E-state index contributed by atoms with van der Waals surface area (Å²) in [5.41, 5.74) is 3.28. The van der Waals surface area contributed by atoms with Gasteiger partial charge in [0.15, 0.2) is 11.5 Å². The number of imide groups is 1. The van der Waals surface area contributed by atoms with Crippen molar-refractivity contribution in [2.45, 2.75) is 19.8 Å². The summed E-state index contributed by atoms with van der Waals surface area (Å²) in [6, 6.07) is 9.05. The number of nitrogens with one attached hydrogen (secondary N) is 1. The van der Waals surface area contributed by atoms with Crippen LogP contribution >= 0.6 is 0 Å². The minimum Gasteiger partial charge on any atom is -0.494 e. The molecule has 0 atom stereocenters. The van der Waals surface area contributed by atoms with E-state index in [9.17, 15) is 24.5 Å². The number of nitro benzene ring substituents is 1. The highest BCUT2D eigenvalue weighted by molar-refractivity contribution is 6.36. The van der Waals surface area contributed by atoms with E-state index >= 15 is 0 Å². The van der Waals surface area contributed by atoms with Crippen molar-refractivity contribution in [2.75, 3.05) is 32.8 Å². The molecule has 0 aromatic heterocycles. The van der Waals surface area contributed by atoms with E-state index in [-0.39, 0.29) is 66.4 Å². The molecule has 0 unspecified atom stereocenters. The lowest BCUT2D eigenvalue weighted by Gasteiger charge is -2.14. The quantitative estimate of drug-likeness (QED) is 0.167. The van der Waals surface area contributed by atoms with Gasteiger partial charge in [0.25, 0.3) is 11.8 Å². The molecule has 12 nitrogen and oxygen atoms in total. The van der Waals surface area contributed by atoms with Crippen LogP contribution in [0.3, 0.4) is 0 Å². The first-order chi connectivity index (χ1) is 16.8. The van der Waals surface area contributed by atoms with Crippen LogP contribution in [0.2, 0.25) is 0 Å². The maximum absolute atomic E-state index is 12.5. The molecule has 0 bridgehead atoms. The smallest absolute Gasteiger partial charge is 0.354 e. The second-order valence-electron chi connectivity index (χ2n) is 7.28. The van der Waals surface area contributed by atoms with Crippen LogP contribution in [0.15, 0.2) is 41.5 Å². The molecule has 184 valence electrons. The SMILES string of the molecule is CCOC(=O)/C(CCCN1C(=O)c2ccccc2C1=O)=N\Nc1cc(OC)c([N+](=O)[O-])cc1OC. The lowest BCUT2D eigenvalue weighted by Crippen LogP contribution is -2.31. The van der Waals surface area contributed by atoms with Gasteiger partial charge >= 0.3 is 11.7 Å². The van der Waals surface area contributed by atoms with Crippen LogP contribution in [-0.4, -0.2) is 60.7 Å². The summed E-state index contributed by atoms with van der Waals surface area (Å²) in [7, 11) is 2.61. The average Bonchev–Trinajstić information content (AvgIpc) is 3.10. The molecule has 0 radical (unpaired) electrons. The number of fused-ring (bicyclic) bond motifs is 1. The van der Waals surface area contributed by atoms with Crippen molar-refractivity contribution in [3.05, 3.63) is 57.6 Å². The Morgan fingerprint density at radius 1 is 1.09 bits per heavy atom. The van der Waals surface area contributed by atoms with Crippen molar-refractivity contribution < 1.29 is 33.5 Å². The van der Waals surface area contributed by atoms with Gasteiger partial charge in [0.05, 0.1) is 42.9 Å². The average molecular weight is 484 g/mol. The van der Waals surface area contributed by atoms with Gasteiger partial charge in [-0.3, -0.25) is 30.0 Å². The van der Waals surface area contributed by atoms with E-state index in [4.69, 9.17) is 14.2 Å². The number of ether oxygens (including phenoxy) is 3. The summed E-state index contributed by atoms with van der Waals surface area (Å²) in [5, 5.41) is 15.4. The molecule has 35 heavy (non-hydrogen) atoms. The van der Waals surface area contributed by atoms with Gasteiger partial charge in [-0.15, -0.1) is 0 Å². The van der Waals surface area contributed by atoms with Crippen molar-refractivity contribution in [3.63, 3.8) is 0 Å². The fraction of sp³-hybridized carbons (Fsp3) is 0.304. The van der Waals surface area contributed by atoms with E-state index in [1.807, 2.05) is 0 Å². The second-order valence-corrected chi connectivity index (χ2v) is 7.28. The molecule has 0 saturated heterocycles. The molecule has 2 amide bonds. The normalized spacial score (nSPS) is 12.9. The Balaban J connectivity index is 1.76. The van der Waals surface area contributed by atoms with Crippen LogP contribution in [-0.2, 0) is 9.53 Å². The van der Waals surface area contributed by atoms with Crippen LogP contribution in [0.5, 0.6) is 11.5 Å². The Labute approximate surface area is 200 Å². The third-order valence-electron chi connectivity index (χ3n) is 5.19. The third kappa shape index (κ3) is 5.37. The number of hydrogen-bond acceptors (Lipinski definition) is 10. The zero-order valence-electron chi connectivity index (χ0n) is 19.4.